The van der Waals surface area contributed by atoms with Crippen molar-refractivity contribution in [3.05, 3.63) is 62.8 Å². The maximum atomic E-state index is 10.9. The van der Waals surface area contributed by atoms with Crippen LogP contribution in [-0.4, -0.2) is 9.91 Å². The van der Waals surface area contributed by atoms with Crippen LogP contribution in [0.5, 0.6) is 0 Å². The predicted molar refractivity (Wildman–Crippen MR) is 79.1 cm³/mol. The van der Waals surface area contributed by atoms with E-state index >= 15 is 0 Å². The average molecular weight is 292 g/mol. The number of rotatable bonds is 4. The van der Waals surface area contributed by atoms with E-state index < -0.39 is 4.92 Å². The summed E-state index contributed by atoms with van der Waals surface area (Å²) >= 11 is 5.84. The van der Waals surface area contributed by atoms with Crippen molar-refractivity contribution in [2.75, 3.05) is 5.32 Å². The lowest BCUT2D eigenvalue weighted by Crippen LogP contribution is -2.08. The predicted octanol–water partition coefficient (Wildman–Crippen LogP) is 4.12. The largest absolute Gasteiger partial charge is 0.363 e. The van der Waals surface area contributed by atoms with Gasteiger partial charge in [-0.2, -0.15) is 0 Å². The average Bonchev–Trinajstić information content (AvgIpc) is 2.41. The number of benzene rings is 1. The quantitative estimate of drug-likeness (QED) is 0.679. The molecule has 1 N–H and O–H groups in total. The molecule has 2 aromatic rings. The van der Waals surface area contributed by atoms with Crippen molar-refractivity contribution in [2.24, 2.45) is 0 Å². The molecule has 2 rings (SSSR count). The number of pyridine rings is 1. The summed E-state index contributed by atoms with van der Waals surface area (Å²) in [7, 11) is 0. The van der Waals surface area contributed by atoms with E-state index in [4.69, 9.17) is 11.6 Å². The van der Waals surface area contributed by atoms with Crippen molar-refractivity contribution in [3.8, 4) is 0 Å². The Hall–Kier alpha value is -2.14. The number of hydrogen-bond donors (Lipinski definition) is 1. The van der Waals surface area contributed by atoms with Gasteiger partial charge < -0.3 is 5.32 Å². The monoisotopic (exact) mass is 291 g/mol. The zero-order valence-electron chi connectivity index (χ0n) is 11.1. The molecule has 1 aromatic carbocycles. The number of aromatic nitrogens is 1. The Kier molecular flexibility index (Phi) is 4.20. The van der Waals surface area contributed by atoms with Crippen LogP contribution < -0.4 is 5.32 Å². The maximum absolute atomic E-state index is 10.9. The Morgan fingerprint density at radius 3 is 2.60 bits per heavy atom. The lowest BCUT2D eigenvalue weighted by Gasteiger charge is -2.15. The van der Waals surface area contributed by atoms with Crippen LogP contribution in [0.4, 0.5) is 11.5 Å². The van der Waals surface area contributed by atoms with Crippen LogP contribution in [0.25, 0.3) is 0 Å². The minimum Gasteiger partial charge on any atom is -0.363 e. The highest BCUT2D eigenvalue weighted by Crippen LogP contribution is 2.24. The van der Waals surface area contributed by atoms with Crippen LogP contribution in [-0.2, 0) is 0 Å². The number of hydrogen-bond acceptors (Lipinski definition) is 4. The molecule has 0 aliphatic carbocycles. The van der Waals surface area contributed by atoms with E-state index in [2.05, 4.69) is 10.3 Å². The van der Waals surface area contributed by atoms with Gasteiger partial charge in [0.1, 0.15) is 5.82 Å². The summed E-state index contributed by atoms with van der Waals surface area (Å²) in [4.78, 5) is 14.7. The molecule has 0 aliphatic rings. The van der Waals surface area contributed by atoms with Gasteiger partial charge in [-0.1, -0.05) is 23.7 Å². The van der Waals surface area contributed by atoms with Crippen molar-refractivity contribution in [2.45, 2.75) is 19.9 Å². The summed E-state index contributed by atoms with van der Waals surface area (Å²) in [6.07, 6.45) is 1.50. The van der Waals surface area contributed by atoms with Gasteiger partial charge in [0.2, 0.25) is 0 Å². The lowest BCUT2D eigenvalue weighted by molar-refractivity contribution is -0.385. The smallest absolute Gasteiger partial charge is 0.277 e. The first-order valence-corrected chi connectivity index (χ1v) is 6.48. The minimum atomic E-state index is -0.408. The third kappa shape index (κ3) is 3.24. The molecule has 1 aromatic heterocycles. The van der Waals surface area contributed by atoms with E-state index in [-0.39, 0.29) is 11.7 Å². The molecule has 0 spiro atoms. The van der Waals surface area contributed by atoms with E-state index in [1.165, 1.54) is 12.3 Å². The van der Waals surface area contributed by atoms with Gasteiger partial charge in [-0.05, 0) is 31.5 Å². The van der Waals surface area contributed by atoms with Crippen LogP contribution in [0.2, 0.25) is 5.02 Å². The van der Waals surface area contributed by atoms with Crippen LogP contribution in [0, 0.1) is 17.0 Å². The highest BCUT2D eigenvalue weighted by Gasteiger charge is 2.13. The summed E-state index contributed by atoms with van der Waals surface area (Å²) in [5, 5.41) is 14.7. The summed E-state index contributed by atoms with van der Waals surface area (Å²) in [5.74, 6) is 0.477. The second kappa shape index (κ2) is 5.88. The number of halogens is 1. The van der Waals surface area contributed by atoms with Crippen molar-refractivity contribution in [1.82, 2.24) is 4.98 Å². The Labute approximate surface area is 121 Å². The van der Waals surface area contributed by atoms with E-state index in [9.17, 15) is 10.1 Å². The molecule has 1 unspecified atom stereocenters. The van der Waals surface area contributed by atoms with Gasteiger partial charge in [0, 0.05) is 22.8 Å². The molecule has 6 heteroatoms. The van der Waals surface area contributed by atoms with Crippen molar-refractivity contribution < 1.29 is 4.92 Å². The van der Waals surface area contributed by atoms with Crippen molar-refractivity contribution in [3.63, 3.8) is 0 Å². The first-order valence-electron chi connectivity index (χ1n) is 6.10. The molecule has 0 bridgehead atoms. The van der Waals surface area contributed by atoms with Crippen molar-refractivity contribution >= 4 is 23.1 Å². The van der Waals surface area contributed by atoms with E-state index in [0.717, 1.165) is 5.56 Å². The third-order valence-electron chi connectivity index (χ3n) is 3.01. The normalized spacial score (nSPS) is 11.9. The van der Waals surface area contributed by atoms with Crippen LogP contribution >= 0.6 is 11.6 Å². The molecule has 0 radical (unpaired) electrons. The van der Waals surface area contributed by atoms with Gasteiger partial charge in [-0.15, -0.1) is 0 Å². The molecule has 0 fully saturated rings. The Bertz CT molecular complexity index is 629. The molecule has 0 saturated carbocycles. The summed E-state index contributed by atoms with van der Waals surface area (Å²) in [5.41, 5.74) is 1.63. The molecular formula is C14H14ClN3O2. The molecule has 0 aliphatic heterocycles. The molecule has 1 atom stereocenters. The highest BCUT2D eigenvalue weighted by molar-refractivity contribution is 6.30. The summed E-state index contributed by atoms with van der Waals surface area (Å²) in [6.45, 7) is 3.62. The van der Waals surface area contributed by atoms with Gasteiger partial charge in [-0.25, -0.2) is 4.98 Å². The fourth-order valence-corrected chi connectivity index (χ4v) is 1.97. The van der Waals surface area contributed by atoms with Crippen LogP contribution in [0.15, 0.2) is 36.5 Å². The number of nitro groups is 1. The van der Waals surface area contributed by atoms with Gasteiger partial charge in [0.15, 0.2) is 0 Å². The van der Waals surface area contributed by atoms with Crippen LogP contribution in [0.1, 0.15) is 24.1 Å². The molecule has 5 nitrogen and oxygen atoms in total. The second-order valence-electron chi connectivity index (χ2n) is 4.53. The first-order chi connectivity index (χ1) is 9.47. The number of anilines is 1. The zero-order valence-corrected chi connectivity index (χ0v) is 11.9. The van der Waals surface area contributed by atoms with E-state index in [1.54, 1.807) is 19.1 Å². The molecule has 104 valence electrons. The SMILES string of the molecule is Cc1cnc(NC(C)c2ccc(Cl)cc2)cc1[N+](=O)[O-]. The number of nitrogens with one attached hydrogen (secondary N) is 1. The van der Waals surface area contributed by atoms with Crippen molar-refractivity contribution in [1.29, 1.82) is 0 Å². The summed E-state index contributed by atoms with van der Waals surface area (Å²) in [6, 6.07) is 8.84. The number of aryl methyl sites for hydroxylation is 1. The van der Waals surface area contributed by atoms with Gasteiger partial charge >= 0.3 is 0 Å². The standard InChI is InChI=1S/C14H14ClN3O2/c1-9-8-16-14(7-13(9)18(19)20)17-10(2)11-3-5-12(15)6-4-11/h3-8,10H,1-2H3,(H,16,17). The van der Waals surface area contributed by atoms with Gasteiger partial charge in [-0.3, -0.25) is 10.1 Å². The van der Waals surface area contributed by atoms with Gasteiger partial charge in [0.25, 0.3) is 5.69 Å². The Morgan fingerprint density at radius 2 is 2.00 bits per heavy atom. The maximum Gasteiger partial charge on any atom is 0.277 e. The Balaban J connectivity index is 2.19. The molecule has 0 saturated heterocycles. The summed E-state index contributed by atoms with van der Waals surface area (Å²) < 4.78 is 0. The Morgan fingerprint density at radius 1 is 1.35 bits per heavy atom. The zero-order chi connectivity index (χ0) is 14.7. The van der Waals surface area contributed by atoms with E-state index in [0.29, 0.717) is 16.4 Å². The molecule has 20 heavy (non-hydrogen) atoms. The lowest BCUT2D eigenvalue weighted by atomic mass is 10.1. The first kappa shape index (κ1) is 14.3. The van der Waals surface area contributed by atoms with Gasteiger partial charge in [0.05, 0.1) is 11.0 Å². The van der Waals surface area contributed by atoms with E-state index in [1.807, 2.05) is 19.1 Å². The fourth-order valence-electron chi connectivity index (χ4n) is 1.85. The topological polar surface area (TPSA) is 68.1 Å². The number of nitrogens with zero attached hydrogens (tertiary/aromatic N) is 2. The second-order valence-corrected chi connectivity index (χ2v) is 4.97. The molecule has 0 amide bonds. The van der Waals surface area contributed by atoms with Crippen LogP contribution in [0.3, 0.4) is 0 Å². The fraction of sp³-hybridized carbons (Fsp3) is 0.214. The minimum absolute atomic E-state index is 0.0259. The molecule has 1 heterocycles. The third-order valence-corrected chi connectivity index (χ3v) is 3.26. The molecular weight excluding hydrogens is 278 g/mol. The highest BCUT2D eigenvalue weighted by atomic mass is 35.5.